The van der Waals surface area contributed by atoms with Crippen LogP contribution in [0.5, 0.6) is 0 Å². The van der Waals surface area contributed by atoms with Crippen molar-refractivity contribution in [3.05, 3.63) is 46.6 Å². The first-order chi connectivity index (χ1) is 15.4. The van der Waals surface area contributed by atoms with E-state index in [9.17, 15) is 14.4 Å². The lowest BCUT2D eigenvalue weighted by molar-refractivity contribution is -0.117. The molecule has 0 aromatic carbocycles. The number of nitrogens with one attached hydrogen (secondary N) is 3. The Morgan fingerprint density at radius 2 is 1.97 bits per heavy atom. The second kappa shape index (κ2) is 7.81. The molecule has 3 aromatic rings. The van der Waals surface area contributed by atoms with Crippen molar-refractivity contribution in [1.82, 2.24) is 19.4 Å². The van der Waals surface area contributed by atoms with Crippen LogP contribution in [0.25, 0.3) is 10.9 Å². The van der Waals surface area contributed by atoms with E-state index in [0.29, 0.717) is 34.1 Å². The van der Waals surface area contributed by atoms with Crippen LogP contribution in [0.2, 0.25) is 0 Å². The molecule has 3 aromatic heterocycles. The highest BCUT2D eigenvalue weighted by atomic mass is 16.2. The van der Waals surface area contributed by atoms with E-state index in [4.69, 9.17) is 0 Å². The van der Waals surface area contributed by atoms with Crippen LogP contribution in [0.4, 0.5) is 17.2 Å². The number of fused-ring (bicyclic) bond motifs is 1. The summed E-state index contributed by atoms with van der Waals surface area (Å²) in [7, 11) is 3.43. The molecule has 166 valence electrons. The highest BCUT2D eigenvalue weighted by molar-refractivity contribution is 6.03. The lowest BCUT2D eigenvalue weighted by Gasteiger charge is -2.13. The topological polar surface area (TPSA) is 110 Å². The van der Waals surface area contributed by atoms with Crippen LogP contribution in [0.3, 0.4) is 0 Å². The second-order valence-electron chi connectivity index (χ2n) is 8.71. The number of hydrogen-bond acceptors (Lipinski definition) is 5. The van der Waals surface area contributed by atoms with E-state index in [1.165, 1.54) is 6.20 Å². The molecule has 2 aliphatic carbocycles. The van der Waals surface area contributed by atoms with Gasteiger partial charge in [-0.05, 0) is 37.7 Å². The number of pyridine rings is 2. The van der Waals surface area contributed by atoms with Crippen molar-refractivity contribution < 1.29 is 9.59 Å². The summed E-state index contributed by atoms with van der Waals surface area (Å²) in [6.45, 7) is 0.721. The first-order valence-corrected chi connectivity index (χ1v) is 10.9. The van der Waals surface area contributed by atoms with E-state index in [1.54, 1.807) is 17.7 Å². The molecule has 5 rings (SSSR count). The zero-order chi connectivity index (χ0) is 22.4. The molecule has 3 N–H and O–H groups in total. The van der Waals surface area contributed by atoms with Crippen LogP contribution < -0.4 is 21.5 Å². The van der Waals surface area contributed by atoms with E-state index < -0.39 is 0 Å². The van der Waals surface area contributed by atoms with Crippen LogP contribution in [-0.2, 0) is 18.4 Å². The predicted molar refractivity (Wildman–Crippen MR) is 122 cm³/mol. The Balaban J connectivity index is 1.54. The first kappa shape index (κ1) is 20.3. The molecule has 2 amide bonds. The van der Waals surface area contributed by atoms with Crippen molar-refractivity contribution in [1.29, 1.82) is 0 Å². The average molecular weight is 435 g/mol. The van der Waals surface area contributed by atoms with E-state index in [1.807, 2.05) is 30.1 Å². The zero-order valence-electron chi connectivity index (χ0n) is 18.1. The van der Waals surface area contributed by atoms with Crippen LogP contribution in [0.1, 0.15) is 36.0 Å². The van der Waals surface area contributed by atoms with Crippen molar-refractivity contribution in [3.8, 4) is 0 Å². The molecule has 0 aliphatic heterocycles. The van der Waals surface area contributed by atoms with E-state index in [2.05, 4.69) is 20.9 Å². The van der Waals surface area contributed by atoms with Gasteiger partial charge in [-0.15, -0.1) is 0 Å². The number of amides is 2. The second-order valence-corrected chi connectivity index (χ2v) is 8.71. The van der Waals surface area contributed by atoms with Gasteiger partial charge in [0.2, 0.25) is 5.91 Å². The maximum Gasteiger partial charge on any atom is 0.262 e. The number of carbonyl (C=O) groups excluding carboxylic acids is 2. The molecule has 0 saturated heterocycles. The van der Waals surface area contributed by atoms with E-state index in [0.717, 1.165) is 37.7 Å². The maximum atomic E-state index is 13.2. The molecule has 0 bridgehead atoms. The lowest BCUT2D eigenvalue weighted by atomic mass is 10.2. The number of aryl methyl sites for hydroxylation is 1. The normalized spacial score (nSPS) is 15.6. The SMILES string of the molecule is CNC(=O)c1cnc(NC(=O)C2CC2)cc1Nc1cn(C)c2ccn(CC3CC3)c(=O)c12. The monoisotopic (exact) mass is 434 g/mol. The summed E-state index contributed by atoms with van der Waals surface area (Å²) in [5, 5.41) is 9.25. The van der Waals surface area contributed by atoms with E-state index in [-0.39, 0.29) is 23.3 Å². The van der Waals surface area contributed by atoms with Crippen LogP contribution in [0.15, 0.2) is 35.5 Å². The van der Waals surface area contributed by atoms with Crippen molar-refractivity contribution in [3.63, 3.8) is 0 Å². The summed E-state index contributed by atoms with van der Waals surface area (Å²) in [5.41, 5.74) is 2.14. The molecular weight excluding hydrogens is 408 g/mol. The van der Waals surface area contributed by atoms with Gasteiger partial charge in [-0.3, -0.25) is 14.4 Å². The number of carbonyl (C=O) groups is 2. The van der Waals surface area contributed by atoms with Crippen molar-refractivity contribution >= 4 is 39.9 Å². The fourth-order valence-corrected chi connectivity index (χ4v) is 3.92. The maximum absolute atomic E-state index is 13.2. The van der Waals surface area contributed by atoms with Gasteiger partial charge in [-0.25, -0.2) is 4.98 Å². The predicted octanol–water partition coefficient (Wildman–Crippen LogP) is 2.60. The third kappa shape index (κ3) is 3.86. The van der Waals surface area contributed by atoms with Gasteiger partial charge in [-0.2, -0.15) is 0 Å². The van der Waals surface area contributed by atoms with Crippen molar-refractivity contribution in [2.75, 3.05) is 17.7 Å². The summed E-state index contributed by atoms with van der Waals surface area (Å²) < 4.78 is 3.65. The fraction of sp³-hybridized carbons (Fsp3) is 0.391. The molecule has 2 fully saturated rings. The largest absolute Gasteiger partial charge is 0.355 e. The molecule has 3 heterocycles. The molecule has 0 spiro atoms. The number of hydrogen-bond donors (Lipinski definition) is 3. The Bertz CT molecular complexity index is 1280. The minimum absolute atomic E-state index is 0.0369. The summed E-state index contributed by atoms with van der Waals surface area (Å²) in [6, 6.07) is 3.58. The standard InChI is InChI=1S/C23H26N6O3/c1-24-22(31)15-10-25-19(27-21(30)14-5-6-14)9-16(15)26-17-12-28(2)18-7-8-29(11-13-3-4-13)23(32)20(17)18/h7-10,12-14H,3-6,11H2,1-2H3,(H,24,31)(H2,25,26,27,30). The molecule has 9 nitrogen and oxygen atoms in total. The molecule has 0 radical (unpaired) electrons. The average Bonchev–Trinajstić information content (AvgIpc) is 3.69. The third-order valence-corrected chi connectivity index (χ3v) is 6.11. The summed E-state index contributed by atoms with van der Waals surface area (Å²) in [5.74, 6) is 0.594. The summed E-state index contributed by atoms with van der Waals surface area (Å²) >= 11 is 0. The Hall–Kier alpha value is -3.62. The van der Waals surface area contributed by atoms with Gasteiger partial charge >= 0.3 is 0 Å². The molecule has 32 heavy (non-hydrogen) atoms. The van der Waals surface area contributed by atoms with Crippen LogP contribution in [0, 0.1) is 11.8 Å². The molecule has 2 aliphatic rings. The highest BCUT2D eigenvalue weighted by Gasteiger charge is 2.30. The lowest BCUT2D eigenvalue weighted by Crippen LogP contribution is -2.22. The van der Waals surface area contributed by atoms with Gasteiger partial charge in [0.25, 0.3) is 11.5 Å². The van der Waals surface area contributed by atoms with Crippen LogP contribution >= 0.6 is 0 Å². The van der Waals surface area contributed by atoms with Gasteiger partial charge < -0.3 is 25.1 Å². The quantitative estimate of drug-likeness (QED) is 0.530. The van der Waals surface area contributed by atoms with E-state index >= 15 is 0 Å². The van der Waals surface area contributed by atoms with Crippen LogP contribution in [-0.4, -0.2) is 33.0 Å². The number of nitrogens with zero attached hydrogens (tertiary/aromatic N) is 3. The minimum Gasteiger partial charge on any atom is -0.355 e. The Labute approximate surface area is 184 Å². The number of rotatable bonds is 7. The molecule has 9 heteroatoms. The molecule has 0 atom stereocenters. The Morgan fingerprint density at radius 3 is 2.66 bits per heavy atom. The van der Waals surface area contributed by atoms with Crippen molar-refractivity contribution in [2.24, 2.45) is 18.9 Å². The summed E-state index contributed by atoms with van der Waals surface area (Å²) in [6.07, 6.45) is 9.20. The molecular formula is C23H26N6O3. The summed E-state index contributed by atoms with van der Waals surface area (Å²) in [4.78, 5) is 42.1. The first-order valence-electron chi connectivity index (χ1n) is 10.9. The highest BCUT2D eigenvalue weighted by Crippen LogP contribution is 2.33. The molecule has 0 unspecified atom stereocenters. The smallest absolute Gasteiger partial charge is 0.262 e. The zero-order valence-corrected chi connectivity index (χ0v) is 18.1. The minimum atomic E-state index is -0.313. The fourth-order valence-electron chi connectivity index (χ4n) is 3.92. The Morgan fingerprint density at radius 1 is 1.19 bits per heavy atom. The third-order valence-electron chi connectivity index (χ3n) is 6.11. The Kier molecular flexibility index (Phi) is 4.96. The number of aromatic nitrogens is 3. The van der Waals surface area contributed by atoms with Gasteiger partial charge in [-0.1, -0.05) is 0 Å². The number of anilines is 3. The van der Waals surface area contributed by atoms with Gasteiger partial charge in [0, 0.05) is 51.2 Å². The van der Waals surface area contributed by atoms with Gasteiger partial charge in [0.1, 0.15) is 5.82 Å². The van der Waals surface area contributed by atoms with Crippen molar-refractivity contribution in [2.45, 2.75) is 32.2 Å². The van der Waals surface area contributed by atoms with Gasteiger partial charge in [0.15, 0.2) is 0 Å². The molecule has 2 saturated carbocycles. The van der Waals surface area contributed by atoms with Gasteiger partial charge in [0.05, 0.1) is 27.8 Å².